The topological polar surface area (TPSA) is 93.4 Å². The van der Waals surface area contributed by atoms with E-state index in [4.69, 9.17) is 10.4 Å². The number of carbonyl (C=O) groups is 1. The Hall–Kier alpha value is -2.27. The molecule has 0 aromatic heterocycles. The number of nitrogens with zero attached hydrogens (tertiary/aromatic N) is 1. The number of aliphatic carboxylic acids is 1. The van der Waals surface area contributed by atoms with Crippen LogP contribution in [0.5, 0.6) is 0 Å². The van der Waals surface area contributed by atoms with E-state index in [1.165, 1.54) is 6.07 Å². The van der Waals surface area contributed by atoms with Crippen LogP contribution in [0.1, 0.15) is 18.1 Å². The number of rotatable bonds is 4. The van der Waals surface area contributed by atoms with Crippen molar-refractivity contribution in [2.75, 3.05) is 11.9 Å². The van der Waals surface area contributed by atoms with Crippen molar-refractivity contribution in [1.82, 2.24) is 0 Å². The van der Waals surface area contributed by atoms with E-state index in [1.54, 1.807) is 0 Å². The van der Waals surface area contributed by atoms with Crippen molar-refractivity contribution in [2.24, 2.45) is 0 Å². The highest BCUT2D eigenvalue weighted by Crippen LogP contribution is 2.33. The number of halogens is 3. The van der Waals surface area contributed by atoms with Crippen molar-refractivity contribution in [3.8, 4) is 6.07 Å². The molecule has 0 aliphatic carbocycles. The molecule has 3 N–H and O–H groups in total. The summed E-state index contributed by atoms with van der Waals surface area (Å²) in [5, 5.41) is 29.3. The lowest BCUT2D eigenvalue weighted by atomic mass is 10.1. The van der Waals surface area contributed by atoms with Crippen LogP contribution in [0.4, 0.5) is 18.9 Å². The summed E-state index contributed by atoms with van der Waals surface area (Å²) in [6, 6.07) is 4.14. The van der Waals surface area contributed by atoms with Gasteiger partial charge >= 0.3 is 12.1 Å². The molecule has 0 radical (unpaired) electrons. The maximum absolute atomic E-state index is 12.6. The average molecular weight is 288 g/mol. The van der Waals surface area contributed by atoms with Gasteiger partial charge in [-0.15, -0.1) is 0 Å². The van der Waals surface area contributed by atoms with Crippen LogP contribution in [0.15, 0.2) is 18.2 Å². The number of anilines is 1. The standard InChI is InChI=1S/C12H11F3N2O3/c1-11(20,10(18)19)6-17-8-2-3-9(12(13,14)15)7(4-8)5-16/h2-4,17,20H,6H2,1H3,(H,18,19). The Morgan fingerprint density at radius 2 is 2.05 bits per heavy atom. The Balaban J connectivity index is 2.96. The number of alkyl halides is 3. The molecule has 5 nitrogen and oxygen atoms in total. The minimum atomic E-state index is -4.64. The molecule has 108 valence electrons. The van der Waals surface area contributed by atoms with Crippen molar-refractivity contribution in [1.29, 1.82) is 5.26 Å². The SMILES string of the molecule is CC(O)(CNc1ccc(C(F)(F)F)c(C#N)c1)C(=O)O. The lowest BCUT2D eigenvalue weighted by molar-refractivity contribution is -0.155. The summed E-state index contributed by atoms with van der Waals surface area (Å²) in [5.41, 5.74) is -3.63. The van der Waals surface area contributed by atoms with Gasteiger partial charge in [0.1, 0.15) is 0 Å². The minimum absolute atomic E-state index is 0.107. The summed E-state index contributed by atoms with van der Waals surface area (Å²) in [7, 11) is 0. The summed E-state index contributed by atoms with van der Waals surface area (Å²) >= 11 is 0. The molecule has 8 heteroatoms. The first-order valence-electron chi connectivity index (χ1n) is 5.39. The van der Waals surface area contributed by atoms with Crippen LogP contribution in [0.2, 0.25) is 0 Å². The Kier molecular flexibility index (Phi) is 4.25. The van der Waals surface area contributed by atoms with Crippen molar-refractivity contribution >= 4 is 11.7 Å². The van der Waals surface area contributed by atoms with Crippen LogP contribution in [-0.4, -0.2) is 28.3 Å². The Morgan fingerprint density at radius 1 is 1.45 bits per heavy atom. The second-order valence-electron chi connectivity index (χ2n) is 4.30. The molecule has 0 saturated heterocycles. The van der Waals surface area contributed by atoms with Crippen LogP contribution in [-0.2, 0) is 11.0 Å². The summed E-state index contributed by atoms with van der Waals surface area (Å²) in [5.74, 6) is -1.47. The zero-order valence-corrected chi connectivity index (χ0v) is 10.3. The van der Waals surface area contributed by atoms with Crippen molar-refractivity contribution in [2.45, 2.75) is 18.7 Å². The fourth-order valence-corrected chi connectivity index (χ4v) is 1.34. The van der Waals surface area contributed by atoms with Crippen LogP contribution in [0, 0.1) is 11.3 Å². The molecule has 20 heavy (non-hydrogen) atoms. The van der Waals surface area contributed by atoms with Gasteiger partial charge in [0.05, 0.1) is 23.7 Å². The molecule has 0 saturated carbocycles. The predicted octanol–water partition coefficient (Wildman–Crippen LogP) is 1.82. The molecule has 0 bridgehead atoms. The lowest BCUT2D eigenvalue weighted by Crippen LogP contribution is -2.41. The molecule has 1 unspecified atom stereocenters. The first-order valence-corrected chi connectivity index (χ1v) is 5.39. The number of hydrogen-bond acceptors (Lipinski definition) is 4. The van der Waals surface area contributed by atoms with Crippen LogP contribution < -0.4 is 5.32 Å². The molecule has 0 aliphatic heterocycles. The molecule has 0 heterocycles. The van der Waals surface area contributed by atoms with Crippen LogP contribution in [0.25, 0.3) is 0 Å². The third-order valence-corrected chi connectivity index (χ3v) is 2.54. The summed E-state index contributed by atoms with van der Waals surface area (Å²) in [6.45, 7) is 0.621. The smallest absolute Gasteiger partial charge is 0.417 e. The molecular weight excluding hydrogens is 277 g/mol. The van der Waals surface area contributed by atoms with Gasteiger partial charge in [-0.05, 0) is 25.1 Å². The monoisotopic (exact) mass is 288 g/mol. The fraction of sp³-hybridized carbons (Fsp3) is 0.333. The Bertz CT molecular complexity index is 562. The number of nitriles is 1. The third-order valence-electron chi connectivity index (χ3n) is 2.54. The predicted molar refractivity (Wildman–Crippen MR) is 62.9 cm³/mol. The summed E-state index contributed by atoms with van der Waals surface area (Å²) in [4.78, 5) is 10.7. The third kappa shape index (κ3) is 3.61. The zero-order chi connectivity index (χ0) is 15.6. The zero-order valence-electron chi connectivity index (χ0n) is 10.3. The van der Waals surface area contributed by atoms with Crippen LogP contribution >= 0.6 is 0 Å². The van der Waals surface area contributed by atoms with Crippen LogP contribution in [0.3, 0.4) is 0 Å². The summed E-state index contributed by atoms with van der Waals surface area (Å²) in [6.07, 6.45) is -4.64. The Labute approximate surface area is 112 Å². The molecule has 0 amide bonds. The number of nitrogens with one attached hydrogen (secondary N) is 1. The van der Waals surface area contributed by atoms with E-state index in [1.807, 2.05) is 0 Å². The average Bonchev–Trinajstić information content (AvgIpc) is 2.34. The largest absolute Gasteiger partial charge is 0.479 e. The minimum Gasteiger partial charge on any atom is -0.479 e. The van der Waals surface area contributed by atoms with Crippen molar-refractivity contribution in [3.63, 3.8) is 0 Å². The molecule has 0 aliphatic rings. The van der Waals surface area contributed by atoms with E-state index in [9.17, 15) is 23.1 Å². The molecule has 1 aromatic carbocycles. The van der Waals surface area contributed by atoms with Gasteiger partial charge in [-0.2, -0.15) is 18.4 Å². The normalized spacial score (nSPS) is 14.2. The lowest BCUT2D eigenvalue weighted by Gasteiger charge is -2.19. The summed E-state index contributed by atoms with van der Waals surface area (Å²) < 4.78 is 37.7. The van der Waals surface area contributed by atoms with E-state index in [0.717, 1.165) is 25.1 Å². The molecular formula is C12H11F3N2O3. The molecule has 1 aromatic rings. The maximum atomic E-state index is 12.6. The highest BCUT2D eigenvalue weighted by Gasteiger charge is 2.34. The number of aliphatic hydroxyl groups is 1. The van der Waals surface area contributed by atoms with E-state index in [2.05, 4.69) is 5.32 Å². The van der Waals surface area contributed by atoms with Gasteiger partial charge < -0.3 is 15.5 Å². The Morgan fingerprint density at radius 3 is 2.50 bits per heavy atom. The number of hydrogen-bond donors (Lipinski definition) is 3. The fourth-order valence-electron chi connectivity index (χ4n) is 1.34. The molecule has 0 spiro atoms. The highest BCUT2D eigenvalue weighted by molar-refractivity contribution is 5.77. The number of carboxylic acids is 1. The molecule has 0 fully saturated rings. The first kappa shape index (κ1) is 15.8. The quantitative estimate of drug-likeness (QED) is 0.785. The van der Waals surface area contributed by atoms with E-state index in [0.29, 0.717) is 0 Å². The molecule has 1 atom stereocenters. The van der Waals surface area contributed by atoms with Gasteiger partial charge in [-0.25, -0.2) is 4.79 Å². The van der Waals surface area contributed by atoms with Gasteiger partial charge in [0, 0.05) is 5.69 Å². The highest BCUT2D eigenvalue weighted by atomic mass is 19.4. The second kappa shape index (κ2) is 5.38. The number of benzene rings is 1. The van der Waals surface area contributed by atoms with Gasteiger partial charge in [0.15, 0.2) is 5.60 Å². The van der Waals surface area contributed by atoms with E-state index >= 15 is 0 Å². The van der Waals surface area contributed by atoms with E-state index < -0.39 is 35.4 Å². The van der Waals surface area contributed by atoms with Gasteiger partial charge in [-0.3, -0.25) is 0 Å². The van der Waals surface area contributed by atoms with E-state index in [-0.39, 0.29) is 5.69 Å². The molecule has 1 rings (SSSR count). The van der Waals surface area contributed by atoms with Gasteiger partial charge in [0.25, 0.3) is 0 Å². The van der Waals surface area contributed by atoms with Crippen molar-refractivity contribution in [3.05, 3.63) is 29.3 Å². The van der Waals surface area contributed by atoms with Gasteiger partial charge in [0.2, 0.25) is 0 Å². The first-order chi connectivity index (χ1) is 9.08. The van der Waals surface area contributed by atoms with Gasteiger partial charge in [-0.1, -0.05) is 0 Å². The maximum Gasteiger partial charge on any atom is 0.417 e. The number of carboxylic acid groups (broad SMARTS) is 1. The van der Waals surface area contributed by atoms with Crippen molar-refractivity contribution < 1.29 is 28.2 Å². The second-order valence-corrected chi connectivity index (χ2v) is 4.30.